The first-order valence-corrected chi connectivity index (χ1v) is 5.52. The molecule has 0 unspecified atom stereocenters. The molecule has 0 aliphatic rings. The van der Waals surface area contributed by atoms with Crippen LogP contribution in [0.1, 0.15) is 18.6 Å². The van der Waals surface area contributed by atoms with Crippen LogP contribution in [0.5, 0.6) is 0 Å². The van der Waals surface area contributed by atoms with Gasteiger partial charge in [-0.25, -0.2) is 4.98 Å². The van der Waals surface area contributed by atoms with E-state index in [-0.39, 0.29) is 0 Å². The van der Waals surface area contributed by atoms with E-state index in [2.05, 4.69) is 17.2 Å². The molecule has 0 saturated carbocycles. The topological polar surface area (TPSA) is 51.2 Å². The minimum atomic E-state index is 0.694. The number of aromatic nitrogens is 1. The average molecular weight is 220 g/mol. The van der Waals surface area contributed by atoms with Crippen molar-refractivity contribution in [3.8, 4) is 11.5 Å². The van der Waals surface area contributed by atoms with Crippen molar-refractivity contribution in [2.75, 3.05) is 13.1 Å². The van der Waals surface area contributed by atoms with Crippen molar-refractivity contribution in [3.05, 3.63) is 30.0 Å². The van der Waals surface area contributed by atoms with Gasteiger partial charge < -0.3 is 14.2 Å². The zero-order valence-corrected chi connectivity index (χ0v) is 9.62. The van der Waals surface area contributed by atoms with Crippen molar-refractivity contribution in [1.82, 2.24) is 10.3 Å². The Kier molecular flexibility index (Phi) is 3.41. The second-order valence-corrected chi connectivity index (χ2v) is 3.63. The van der Waals surface area contributed by atoms with E-state index in [1.54, 1.807) is 6.20 Å². The molecule has 16 heavy (non-hydrogen) atoms. The molecular weight excluding hydrogens is 204 g/mol. The number of rotatable bonds is 5. The first-order valence-electron chi connectivity index (χ1n) is 5.52. The molecule has 0 amide bonds. The Balaban J connectivity index is 2.02. The number of hydrogen-bond donors (Lipinski definition) is 1. The lowest BCUT2D eigenvalue weighted by Crippen LogP contribution is -2.16. The standard InChI is InChI=1S/C12H16N2O2/c1-3-13-7-6-12-14-8-11(16-12)10-5-4-9(2)15-10/h4-5,8,13H,3,6-7H2,1-2H3. The summed E-state index contributed by atoms with van der Waals surface area (Å²) >= 11 is 0. The van der Waals surface area contributed by atoms with Gasteiger partial charge >= 0.3 is 0 Å². The van der Waals surface area contributed by atoms with Crippen LogP contribution in [0.3, 0.4) is 0 Å². The number of aryl methyl sites for hydroxylation is 1. The van der Waals surface area contributed by atoms with Gasteiger partial charge in [-0.3, -0.25) is 0 Å². The molecule has 4 nitrogen and oxygen atoms in total. The number of hydrogen-bond acceptors (Lipinski definition) is 4. The van der Waals surface area contributed by atoms with E-state index in [0.29, 0.717) is 5.76 Å². The van der Waals surface area contributed by atoms with E-state index >= 15 is 0 Å². The normalized spacial score (nSPS) is 10.9. The molecule has 4 heteroatoms. The highest BCUT2D eigenvalue weighted by Gasteiger charge is 2.09. The van der Waals surface area contributed by atoms with Crippen LogP contribution in [0.2, 0.25) is 0 Å². The maximum atomic E-state index is 5.58. The Morgan fingerprint density at radius 3 is 2.81 bits per heavy atom. The summed E-state index contributed by atoms with van der Waals surface area (Å²) in [6.07, 6.45) is 2.51. The number of likely N-dealkylation sites (N-methyl/N-ethyl adjacent to an activating group) is 1. The molecule has 0 aromatic carbocycles. The molecule has 0 aliphatic heterocycles. The summed E-state index contributed by atoms with van der Waals surface area (Å²) in [4.78, 5) is 4.21. The molecule has 0 spiro atoms. The maximum Gasteiger partial charge on any atom is 0.196 e. The van der Waals surface area contributed by atoms with Gasteiger partial charge in [0.05, 0.1) is 6.20 Å². The molecule has 0 atom stereocenters. The third-order valence-electron chi connectivity index (χ3n) is 2.30. The minimum absolute atomic E-state index is 0.694. The van der Waals surface area contributed by atoms with Crippen molar-refractivity contribution in [2.24, 2.45) is 0 Å². The molecule has 2 heterocycles. The Morgan fingerprint density at radius 2 is 2.12 bits per heavy atom. The van der Waals surface area contributed by atoms with Crippen LogP contribution in [-0.4, -0.2) is 18.1 Å². The first-order chi connectivity index (χ1) is 7.79. The fraction of sp³-hybridized carbons (Fsp3) is 0.417. The zero-order valence-electron chi connectivity index (χ0n) is 9.62. The van der Waals surface area contributed by atoms with Gasteiger partial charge in [-0.2, -0.15) is 0 Å². The van der Waals surface area contributed by atoms with Crippen LogP contribution < -0.4 is 5.32 Å². The lowest BCUT2D eigenvalue weighted by molar-refractivity contribution is 0.470. The van der Waals surface area contributed by atoms with Crippen molar-refractivity contribution in [2.45, 2.75) is 20.3 Å². The molecule has 0 aliphatic carbocycles. The van der Waals surface area contributed by atoms with Gasteiger partial charge in [-0.05, 0) is 25.6 Å². The second kappa shape index (κ2) is 4.99. The Morgan fingerprint density at radius 1 is 1.25 bits per heavy atom. The summed E-state index contributed by atoms with van der Waals surface area (Å²) in [6, 6.07) is 3.81. The molecule has 0 fully saturated rings. The van der Waals surface area contributed by atoms with E-state index in [9.17, 15) is 0 Å². The van der Waals surface area contributed by atoms with Crippen molar-refractivity contribution < 1.29 is 8.83 Å². The molecule has 2 aromatic heterocycles. The highest BCUT2D eigenvalue weighted by molar-refractivity contribution is 5.48. The number of nitrogens with zero attached hydrogens (tertiary/aromatic N) is 1. The van der Waals surface area contributed by atoms with Gasteiger partial charge in [0.1, 0.15) is 5.76 Å². The predicted molar refractivity (Wildman–Crippen MR) is 61.2 cm³/mol. The summed E-state index contributed by atoms with van der Waals surface area (Å²) in [5.74, 6) is 3.05. The third-order valence-corrected chi connectivity index (χ3v) is 2.30. The van der Waals surface area contributed by atoms with Crippen LogP contribution in [0, 0.1) is 6.92 Å². The molecule has 0 radical (unpaired) electrons. The highest BCUT2D eigenvalue weighted by Crippen LogP contribution is 2.22. The molecule has 2 rings (SSSR count). The van der Waals surface area contributed by atoms with Crippen LogP contribution in [0.25, 0.3) is 11.5 Å². The quantitative estimate of drug-likeness (QED) is 0.786. The molecular formula is C12H16N2O2. The summed E-state index contributed by atoms with van der Waals surface area (Å²) in [7, 11) is 0. The summed E-state index contributed by atoms with van der Waals surface area (Å²) in [5, 5.41) is 3.23. The molecule has 1 N–H and O–H groups in total. The van der Waals surface area contributed by atoms with E-state index in [0.717, 1.165) is 36.9 Å². The Hall–Kier alpha value is -1.55. The van der Waals surface area contributed by atoms with Gasteiger partial charge in [-0.1, -0.05) is 6.92 Å². The number of oxazole rings is 1. The van der Waals surface area contributed by atoms with E-state index in [4.69, 9.17) is 8.83 Å². The smallest absolute Gasteiger partial charge is 0.196 e. The van der Waals surface area contributed by atoms with Gasteiger partial charge in [0.2, 0.25) is 0 Å². The number of nitrogens with one attached hydrogen (secondary N) is 1. The number of furan rings is 1. The lowest BCUT2D eigenvalue weighted by atomic mass is 10.4. The fourth-order valence-corrected chi connectivity index (χ4v) is 1.48. The average Bonchev–Trinajstić information content (AvgIpc) is 2.87. The largest absolute Gasteiger partial charge is 0.458 e. The van der Waals surface area contributed by atoms with Crippen molar-refractivity contribution >= 4 is 0 Å². The SMILES string of the molecule is CCNCCc1ncc(-c2ccc(C)o2)o1. The third kappa shape index (κ3) is 2.52. The zero-order chi connectivity index (χ0) is 11.4. The minimum Gasteiger partial charge on any atom is -0.458 e. The van der Waals surface area contributed by atoms with E-state index < -0.39 is 0 Å². The first kappa shape index (κ1) is 11.0. The fourth-order valence-electron chi connectivity index (χ4n) is 1.48. The van der Waals surface area contributed by atoms with Crippen molar-refractivity contribution in [1.29, 1.82) is 0 Å². The highest BCUT2D eigenvalue weighted by atomic mass is 16.4. The van der Waals surface area contributed by atoms with Crippen LogP contribution >= 0.6 is 0 Å². The van der Waals surface area contributed by atoms with Crippen LogP contribution in [-0.2, 0) is 6.42 Å². The lowest BCUT2D eigenvalue weighted by Gasteiger charge is -1.96. The summed E-state index contributed by atoms with van der Waals surface area (Å²) in [6.45, 7) is 5.83. The maximum absolute atomic E-state index is 5.58. The molecule has 2 aromatic rings. The van der Waals surface area contributed by atoms with Gasteiger partial charge in [-0.15, -0.1) is 0 Å². The van der Waals surface area contributed by atoms with Crippen LogP contribution in [0.4, 0.5) is 0 Å². The van der Waals surface area contributed by atoms with Crippen LogP contribution in [0.15, 0.2) is 27.2 Å². The van der Waals surface area contributed by atoms with Gasteiger partial charge in [0.15, 0.2) is 17.4 Å². The monoisotopic (exact) mass is 220 g/mol. The molecule has 0 bridgehead atoms. The Labute approximate surface area is 94.7 Å². The summed E-state index contributed by atoms with van der Waals surface area (Å²) in [5.41, 5.74) is 0. The molecule has 0 saturated heterocycles. The van der Waals surface area contributed by atoms with E-state index in [1.165, 1.54) is 0 Å². The van der Waals surface area contributed by atoms with Crippen molar-refractivity contribution in [3.63, 3.8) is 0 Å². The van der Waals surface area contributed by atoms with E-state index in [1.807, 2.05) is 19.1 Å². The van der Waals surface area contributed by atoms with Gasteiger partial charge in [0, 0.05) is 13.0 Å². The van der Waals surface area contributed by atoms with Gasteiger partial charge in [0.25, 0.3) is 0 Å². The molecule has 86 valence electrons. The summed E-state index contributed by atoms with van der Waals surface area (Å²) < 4.78 is 11.0. The second-order valence-electron chi connectivity index (χ2n) is 3.63. The Bertz CT molecular complexity index is 445. The predicted octanol–water partition coefficient (Wildman–Crippen LogP) is 2.40.